The van der Waals surface area contributed by atoms with Crippen LogP contribution in [-0.2, 0) is 21.4 Å². The van der Waals surface area contributed by atoms with Gasteiger partial charge in [-0.05, 0) is 55.8 Å². The van der Waals surface area contributed by atoms with Crippen molar-refractivity contribution >= 4 is 27.3 Å². The van der Waals surface area contributed by atoms with Crippen LogP contribution in [0.25, 0.3) is 0 Å². The molecule has 0 aliphatic rings. The molecule has 7 nitrogen and oxygen atoms in total. The summed E-state index contributed by atoms with van der Waals surface area (Å²) in [6.45, 7) is 2.58. The average molecular weight is 398 g/mol. The van der Waals surface area contributed by atoms with Crippen LogP contribution in [0.15, 0.2) is 71.9 Å². The van der Waals surface area contributed by atoms with E-state index in [2.05, 4.69) is 15.1 Å². The van der Waals surface area contributed by atoms with Crippen molar-refractivity contribution in [3.63, 3.8) is 0 Å². The van der Waals surface area contributed by atoms with Gasteiger partial charge in [0.1, 0.15) is 0 Å². The maximum Gasteiger partial charge on any atom is 0.261 e. The number of rotatable bonds is 8. The molecule has 2 aromatic carbocycles. The number of anilines is 2. The summed E-state index contributed by atoms with van der Waals surface area (Å²) in [5.41, 5.74) is 2.03. The molecule has 0 saturated heterocycles. The second-order valence-electron chi connectivity index (χ2n) is 6.42. The minimum absolute atomic E-state index is 0.0971. The Morgan fingerprint density at radius 2 is 1.71 bits per heavy atom. The maximum atomic E-state index is 12.4. The number of benzene rings is 2. The predicted octanol–water partition coefficient (Wildman–Crippen LogP) is 3.41. The van der Waals surface area contributed by atoms with E-state index in [1.807, 2.05) is 19.2 Å². The minimum atomic E-state index is -3.65. The monoisotopic (exact) mass is 398 g/mol. The van der Waals surface area contributed by atoms with Gasteiger partial charge in [-0.25, -0.2) is 8.42 Å². The molecule has 0 saturated carbocycles. The van der Waals surface area contributed by atoms with Crippen LogP contribution in [0.3, 0.4) is 0 Å². The fourth-order valence-electron chi connectivity index (χ4n) is 2.61. The summed E-state index contributed by atoms with van der Waals surface area (Å²) in [4.78, 5) is 12.2. The highest BCUT2D eigenvalue weighted by Gasteiger charge is 2.13. The molecule has 0 fully saturated rings. The average Bonchev–Trinajstić information content (AvgIpc) is 3.17. The highest BCUT2D eigenvalue weighted by atomic mass is 32.2. The minimum Gasteiger partial charge on any atom is -0.326 e. The van der Waals surface area contributed by atoms with Crippen molar-refractivity contribution in [1.29, 1.82) is 0 Å². The van der Waals surface area contributed by atoms with E-state index in [1.165, 1.54) is 0 Å². The molecule has 0 unspecified atom stereocenters. The molecule has 1 aromatic heterocycles. The number of nitrogens with zero attached hydrogens (tertiary/aromatic N) is 2. The first kappa shape index (κ1) is 19.6. The van der Waals surface area contributed by atoms with Crippen LogP contribution in [0.2, 0.25) is 0 Å². The lowest BCUT2D eigenvalue weighted by Crippen LogP contribution is -2.14. The molecule has 28 heavy (non-hydrogen) atoms. The normalized spacial score (nSPS) is 11.2. The molecule has 146 valence electrons. The van der Waals surface area contributed by atoms with E-state index < -0.39 is 10.0 Å². The van der Waals surface area contributed by atoms with Crippen LogP contribution in [-0.4, -0.2) is 24.1 Å². The molecule has 0 bridgehead atoms. The van der Waals surface area contributed by atoms with Crippen LogP contribution in [0.5, 0.6) is 0 Å². The van der Waals surface area contributed by atoms with Gasteiger partial charge in [0.15, 0.2) is 0 Å². The van der Waals surface area contributed by atoms with Crippen LogP contribution < -0.4 is 10.0 Å². The smallest absolute Gasteiger partial charge is 0.261 e. The van der Waals surface area contributed by atoms with Gasteiger partial charge in [0.25, 0.3) is 10.0 Å². The number of amides is 1. The lowest BCUT2D eigenvalue weighted by atomic mass is 10.2. The zero-order valence-electron chi connectivity index (χ0n) is 15.5. The standard InChI is InChI=1S/C20H22N4O3S/c1-16-5-11-19(12-6-16)28(26,27)23-18-9-7-17(8-10-18)22-20(25)4-2-14-24-15-3-13-21-24/h3,5-13,15,23H,2,4,14H2,1H3,(H,22,25). The van der Waals surface area contributed by atoms with E-state index in [0.717, 1.165) is 5.56 Å². The Morgan fingerprint density at radius 1 is 1.04 bits per heavy atom. The SMILES string of the molecule is Cc1ccc(S(=O)(=O)Nc2ccc(NC(=O)CCCn3cccn3)cc2)cc1. The molecule has 8 heteroatoms. The summed E-state index contributed by atoms with van der Waals surface area (Å²) in [6, 6.07) is 15.0. The lowest BCUT2D eigenvalue weighted by molar-refractivity contribution is -0.116. The second-order valence-corrected chi connectivity index (χ2v) is 8.10. The molecule has 0 radical (unpaired) electrons. The van der Waals surface area contributed by atoms with Crippen LogP contribution in [0.1, 0.15) is 18.4 Å². The van der Waals surface area contributed by atoms with Crippen molar-refractivity contribution in [1.82, 2.24) is 9.78 Å². The van der Waals surface area contributed by atoms with E-state index >= 15 is 0 Å². The Kier molecular flexibility index (Phi) is 6.10. The van der Waals surface area contributed by atoms with Crippen molar-refractivity contribution < 1.29 is 13.2 Å². The van der Waals surface area contributed by atoms with Gasteiger partial charge in [-0.1, -0.05) is 17.7 Å². The number of aryl methyl sites for hydroxylation is 2. The lowest BCUT2D eigenvalue weighted by Gasteiger charge is -2.10. The largest absolute Gasteiger partial charge is 0.326 e. The maximum absolute atomic E-state index is 12.4. The Morgan fingerprint density at radius 3 is 2.36 bits per heavy atom. The van der Waals surface area contributed by atoms with Gasteiger partial charge in [-0.15, -0.1) is 0 Å². The van der Waals surface area contributed by atoms with Gasteiger partial charge in [0.2, 0.25) is 5.91 Å². The number of carbonyl (C=O) groups excluding carboxylic acids is 1. The highest BCUT2D eigenvalue weighted by molar-refractivity contribution is 7.92. The summed E-state index contributed by atoms with van der Waals surface area (Å²) in [6.07, 6.45) is 4.62. The van der Waals surface area contributed by atoms with E-state index in [9.17, 15) is 13.2 Å². The van der Waals surface area contributed by atoms with Gasteiger partial charge < -0.3 is 5.32 Å². The van der Waals surface area contributed by atoms with Crippen molar-refractivity contribution in [2.75, 3.05) is 10.0 Å². The van der Waals surface area contributed by atoms with Crippen molar-refractivity contribution in [3.05, 3.63) is 72.6 Å². The summed E-state index contributed by atoms with van der Waals surface area (Å²) < 4.78 is 29.1. The van der Waals surface area contributed by atoms with Crippen LogP contribution >= 0.6 is 0 Å². The molecule has 3 rings (SSSR count). The Labute approximate surface area is 164 Å². The molecule has 0 spiro atoms. The third-order valence-electron chi connectivity index (χ3n) is 4.10. The topological polar surface area (TPSA) is 93.1 Å². The van der Waals surface area contributed by atoms with Crippen molar-refractivity contribution in [2.45, 2.75) is 31.2 Å². The Balaban J connectivity index is 1.52. The van der Waals surface area contributed by atoms with Gasteiger partial charge in [0, 0.05) is 36.7 Å². The fraction of sp³-hybridized carbons (Fsp3) is 0.200. The van der Waals surface area contributed by atoms with Crippen molar-refractivity contribution in [2.24, 2.45) is 0 Å². The first-order chi connectivity index (χ1) is 13.4. The highest BCUT2D eigenvalue weighted by Crippen LogP contribution is 2.19. The van der Waals surface area contributed by atoms with Crippen molar-refractivity contribution in [3.8, 4) is 0 Å². The third kappa shape index (κ3) is 5.43. The van der Waals surface area contributed by atoms with Crippen LogP contribution in [0, 0.1) is 6.92 Å². The van der Waals surface area contributed by atoms with Crippen LogP contribution in [0.4, 0.5) is 11.4 Å². The number of nitrogens with one attached hydrogen (secondary N) is 2. The number of sulfonamides is 1. The summed E-state index contributed by atoms with van der Waals surface area (Å²) in [5.74, 6) is -0.0971. The number of aromatic nitrogens is 2. The Bertz CT molecular complexity index is 1010. The van der Waals surface area contributed by atoms with Gasteiger partial charge in [-0.3, -0.25) is 14.2 Å². The molecule has 0 aliphatic carbocycles. The number of hydrogen-bond donors (Lipinski definition) is 2. The van der Waals surface area contributed by atoms with E-state index in [1.54, 1.807) is 59.4 Å². The first-order valence-electron chi connectivity index (χ1n) is 8.89. The number of carbonyl (C=O) groups is 1. The van der Waals surface area contributed by atoms with E-state index in [4.69, 9.17) is 0 Å². The summed E-state index contributed by atoms with van der Waals surface area (Å²) >= 11 is 0. The molecular formula is C20H22N4O3S. The molecule has 1 heterocycles. The van der Waals surface area contributed by atoms with Gasteiger partial charge >= 0.3 is 0 Å². The zero-order chi connectivity index (χ0) is 20.0. The van der Waals surface area contributed by atoms with E-state index in [-0.39, 0.29) is 10.8 Å². The zero-order valence-corrected chi connectivity index (χ0v) is 16.3. The second kappa shape index (κ2) is 8.71. The predicted molar refractivity (Wildman–Crippen MR) is 109 cm³/mol. The van der Waals surface area contributed by atoms with Gasteiger partial charge in [-0.2, -0.15) is 5.10 Å². The molecular weight excluding hydrogens is 376 g/mol. The quantitative estimate of drug-likeness (QED) is 0.608. The molecule has 0 atom stereocenters. The molecule has 0 aliphatic heterocycles. The molecule has 1 amide bonds. The van der Waals surface area contributed by atoms with Gasteiger partial charge in [0.05, 0.1) is 4.90 Å². The first-order valence-corrected chi connectivity index (χ1v) is 10.4. The summed E-state index contributed by atoms with van der Waals surface area (Å²) in [5, 5.41) is 6.90. The third-order valence-corrected chi connectivity index (χ3v) is 5.50. The summed E-state index contributed by atoms with van der Waals surface area (Å²) in [7, 11) is -3.65. The number of hydrogen-bond acceptors (Lipinski definition) is 4. The molecule has 2 N–H and O–H groups in total. The Hall–Kier alpha value is -3.13. The molecule has 3 aromatic rings. The fourth-order valence-corrected chi connectivity index (χ4v) is 3.67. The van der Waals surface area contributed by atoms with E-state index in [0.29, 0.717) is 30.8 Å².